The van der Waals surface area contributed by atoms with E-state index in [2.05, 4.69) is 15.6 Å². The van der Waals surface area contributed by atoms with E-state index in [1.807, 2.05) is 59.3 Å². The van der Waals surface area contributed by atoms with Crippen molar-refractivity contribution in [2.75, 3.05) is 5.32 Å². The van der Waals surface area contributed by atoms with E-state index >= 15 is 0 Å². The third-order valence-electron chi connectivity index (χ3n) is 5.98. The van der Waals surface area contributed by atoms with Gasteiger partial charge in [-0.05, 0) is 68.0 Å². The smallest absolute Gasteiger partial charge is 0.224 e. The van der Waals surface area contributed by atoms with Gasteiger partial charge in [0.2, 0.25) is 5.91 Å². The zero-order chi connectivity index (χ0) is 19.6. The molecule has 2 N–H and O–H groups in total. The van der Waals surface area contributed by atoms with Crippen LogP contribution < -0.4 is 15.4 Å². The number of hydrogen-bond acceptors (Lipinski definition) is 4. The number of carbonyl (C=O) groups is 1. The van der Waals surface area contributed by atoms with Gasteiger partial charge in [-0.2, -0.15) is 0 Å². The fourth-order valence-electron chi connectivity index (χ4n) is 4.66. The summed E-state index contributed by atoms with van der Waals surface area (Å²) in [5.74, 6) is 1.37. The van der Waals surface area contributed by atoms with Crippen molar-refractivity contribution in [3.63, 3.8) is 0 Å². The van der Waals surface area contributed by atoms with E-state index in [0.29, 0.717) is 31.0 Å². The lowest BCUT2D eigenvalue weighted by Crippen LogP contribution is -2.39. The quantitative estimate of drug-likeness (QED) is 0.560. The maximum atomic E-state index is 12.4. The SMILES string of the molecule is Cl.Cl.O=C(CC1CC2CCC(C1)N2)Nc1ccc(OCc2cn3ccccc3n2)cc1. The molecule has 2 saturated heterocycles. The Morgan fingerprint density at radius 3 is 2.55 bits per heavy atom. The summed E-state index contributed by atoms with van der Waals surface area (Å²) in [6.07, 6.45) is 9.33. The van der Waals surface area contributed by atoms with E-state index in [-0.39, 0.29) is 30.7 Å². The summed E-state index contributed by atoms with van der Waals surface area (Å²) in [5, 5.41) is 6.66. The molecule has 0 aliphatic carbocycles. The molecule has 8 heteroatoms. The van der Waals surface area contributed by atoms with Crippen molar-refractivity contribution >= 4 is 42.1 Å². The molecule has 0 saturated carbocycles. The number of ether oxygens (including phenoxy) is 1. The number of nitrogens with zero attached hydrogens (tertiary/aromatic N) is 2. The van der Waals surface area contributed by atoms with Crippen molar-refractivity contribution in [3.05, 3.63) is 60.6 Å². The fourth-order valence-corrected chi connectivity index (χ4v) is 4.66. The minimum absolute atomic E-state index is 0. The summed E-state index contributed by atoms with van der Waals surface area (Å²) >= 11 is 0. The molecule has 1 amide bonds. The number of piperidine rings is 1. The first-order valence-electron chi connectivity index (χ1n) is 10.4. The maximum absolute atomic E-state index is 12.4. The molecule has 0 spiro atoms. The molecule has 0 radical (unpaired) electrons. The molecular formula is C23H28Cl2N4O2. The number of hydrogen-bond donors (Lipinski definition) is 2. The second-order valence-electron chi connectivity index (χ2n) is 8.24. The van der Waals surface area contributed by atoms with Gasteiger partial charge in [0.15, 0.2) is 0 Å². The highest BCUT2D eigenvalue weighted by Gasteiger charge is 2.34. The second-order valence-corrected chi connectivity index (χ2v) is 8.24. The molecule has 5 rings (SSSR count). The van der Waals surface area contributed by atoms with Gasteiger partial charge in [-0.25, -0.2) is 4.98 Å². The predicted octanol–water partition coefficient (Wildman–Crippen LogP) is 4.62. The van der Waals surface area contributed by atoms with Crippen LogP contribution in [0.5, 0.6) is 5.75 Å². The molecule has 6 nitrogen and oxygen atoms in total. The van der Waals surface area contributed by atoms with Gasteiger partial charge in [-0.15, -0.1) is 24.8 Å². The lowest BCUT2D eigenvalue weighted by Gasteiger charge is -2.28. The third-order valence-corrected chi connectivity index (χ3v) is 5.98. The number of nitrogens with one attached hydrogen (secondary N) is 2. The standard InChI is InChI=1S/C23H26N4O2.2ClH/c28-23(13-16-11-18-4-5-19(12-16)24-18)26-17-6-8-21(9-7-17)29-15-20-14-27-10-2-1-3-22(27)25-20;;/h1-3,6-10,14,16,18-19,24H,4-5,11-13,15H2,(H,26,28);2*1H. The zero-order valence-electron chi connectivity index (χ0n) is 17.2. The van der Waals surface area contributed by atoms with Crippen molar-refractivity contribution in [1.29, 1.82) is 0 Å². The Kier molecular flexibility index (Phi) is 7.81. The van der Waals surface area contributed by atoms with Crippen LogP contribution in [0.15, 0.2) is 54.9 Å². The number of halogens is 2. The summed E-state index contributed by atoms with van der Waals surface area (Å²) in [4.78, 5) is 17.0. The Morgan fingerprint density at radius 1 is 1.10 bits per heavy atom. The van der Waals surface area contributed by atoms with Crippen LogP contribution in [0, 0.1) is 5.92 Å². The van der Waals surface area contributed by atoms with Crippen LogP contribution in [-0.4, -0.2) is 27.4 Å². The van der Waals surface area contributed by atoms with E-state index in [1.54, 1.807) is 0 Å². The summed E-state index contributed by atoms with van der Waals surface area (Å²) in [6.45, 7) is 0.408. The monoisotopic (exact) mass is 462 g/mol. The third kappa shape index (κ3) is 5.70. The van der Waals surface area contributed by atoms with E-state index in [4.69, 9.17) is 4.74 Å². The summed E-state index contributed by atoms with van der Waals surface area (Å²) in [6, 6.07) is 14.7. The summed E-state index contributed by atoms with van der Waals surface area (Å²) in [5.41, 5.74) is 2.60. The van der Waals surface area contributed by atoms with Gasteiger partial charge < -0.3 is 19.8 Å². The van der Waals surface area contributed by atoms with Gasteiger partial charge >= 0.3 is 0 Å². The molecule has 166 valence electrons. The molecule has 2 bridgehead atoms. The van der Waals surface area contributed by atoms with Crippen LogP contribution >= 0.6 is 24.8 Å². The van der Waals surface area contributed by atoms with Crippen LogP contribution in [-0.2, 0) is 11.4 Å². The van der Waals surface area contributed by atoms with E-state index in [9.17, 15) is 4.79 Å². The molecule has 2 aromatic heterocycles. The number of rotatable bonds is 6. The lowest BCUT2D eigenvalue weighted by atomic mass is 9.89. The fraction of sp³-hybridized carbons (Fsp3) is 0.391. The Bertz CT molecular complexity index is 963. The molecule has 1 aromatic carbocycles. The van der Waals surface area contributed by atoms with Gasteiger partial charge in [0.1, 0.15) is 18.0 Å². The Balaban J connectivity index is 0.00000136. The Morgan fingerprint density at radius 2 is 1.84 bits per heavy atom. The van der Waals surface area contributed by atoms with Gasteiger partial charge in [0.25, 0.3) is 0 Å². The number of anilines is 1. The highest BCUT2D eigenvalue weighted by molar-refractivity contribution is 5.90. The first kappa shape index (κ1) is 23.4. The highest BCUT2D eigenvalue weighted by atomic mass is 35.5. The van der Waals surface area contributed by atoms with Crippen LogP contribution in [0.3, 0.4) is 0 Å². The van der Waals surface area contributed by atoms with Crippen LogP contribution in [0.2, 0.25) is 0 Å². The largest absolute Gasteiger partial charge is 0.487 e. The zero-order valence-corrected chi connectivity index (χ0v) is 18.8. The molecule has 31 heavy (non-hydrogen) atoms. The first-order chi connectivity index (χ1) is 14.2. The molecule has 4 heterocycles. The molecular weight excluding hydrogens is 435 g/mol. The average Bonchev–Trinajstić information content (AvgIpc) is 3.29. The molecule has 2 fully saturated rings. The average molecular weight is 463 g/mol. The van der Waals surface area contributed by atoms with Crippen molar-refractivity contribution in [2.24, 2.45) is 5.92 Å². The van der Waals surface area contributed by atoms with Crippen LogP contribution in [0.25, 0.3) is 5.65 Å². The lowest BCUT2D eigenvalue weighted by molar-refractivity contribution is -0.117. The number of carbonyl (C=O) groups excluding carboxylic acids is 1. The van der Waals surface area contributed by atoms with Crippen molar-refractivity contribution in [2.45, 2.75) is 50.8 Å². The second kappa shape index (κ2) is 10.4. The predicted molar refractivity (Wildman–Crippen MR) is 126 cm³/mol. The van der Waals surface area contributed by atoms with Crippen LogP contribution in [0.1, 0.15) is 37.8 Å². The Labute approximate surface area is 194 Å². The van der Waals surface area contributed by atoms with Gasteiger partial charge in [-0.1, -0.05) is 6.07 Å². The molecule has 2 aliphatic heterocycles. The van der Waals surface area contributed by atoms with E-state index in [0.717, 1.165) is 35.6 Å². The normalized spacial score (nSPS) is 21.7. The topological polar surface area (TPSA) is 67.7 Å². The number of fused-ring (bicyclic) bond motifs is 3. The van der Waals surface area contributed by atoms with E-state index in [1.165, 1.54) is 12.8 Å². The van der Waals surface area contributed by atoms with E-state index < -0.39 is 0 Å². The number of amides is 1. The van der Waals surface area contributed by atoms with Gasteiger partial charge in [-0.3, -0.25) is 4.79 Å². The summed E-state index contributed by atoms with van der Waals surface area (Å²) < 4.78 is 7.82. The van der Waals surface area contributed by atoms with Gasteiger partial charge in [0, 0.05) is 36.6 Å². The van der Waals surface area contributed by atoms with Crippen molar-refractivity contribution in [3.8, 4) is 5.75 Å². The minimum atomic E-state index is 0. The number of aromatic nitrogens is 2. The first-order valence-corrected chi connectivity index (χ1v) is 10.4. The Hall–Kier alpha value is -2.28. The molecule has 2 unspecified atom stereocenters. The molecule has 2 aliphatic rings. The van der Waals surface area contributed by atoms with Crippen molar-refractivity contribution in [1.82, 2.24) is 14.7 Å². The molecule has 2 atom stereocenters. The highest BCUT2D eigenvalue weighted by Crippen LogP contribution is 2.32. The molecule has 3 aromatic rings. The number of benzene rings is 1. The number of imidazole rings is 1. The van der Waals surface area contributed by atoms with Gasteiger partial charge in [0.05, 0.1) is 5.69 Å². The number of pyridine rings is 1. The van der Waals surface area contributed by atoms with Crippen molar-refractivity contribution < 1.29 is 9.53 Å². The van der Waals surface area contributed by atoms with Crippen LogP contribution in [0.4, 0.5) is 5.69 Å². The minimum Gasteiger partial charge on any atom is -0.487 e. The maximum Gasteiger partial charge on any atom is 0.224 e. The summed E-state index contributed by atoms with van der Waals surface area (Å²) in [7, 11) is 0.